The molecule has 1 fully saturated rings. The van der Waals surface area contributed by atoms with Crippen molar-refractivity contribution in [3.8, 4) is 0 Å². The third-order valence-electron chi connectivity index (χ3n) is 4.90. The fourth-order valence-corrected chi connectivity index (χ4v) is 5.05. The van der Waals surface area contributed by atoms with Crippen molar-refractivity contribution in [1.82, 2.24) is 4.31 Å². The van der Waals surface area contributed by atoms with Gasteiger partial charge in [0.1, 0.15) is 6.61 Å². The summed E-state index contributed by atoms with van der Waals surface area (Å²) >= 11 is 0. The van der Waals surface area contributed by atoms with Crippen LogP contribution in [0, 0.1) is 17.0 Å². The van der Waals surface area contributed by atoms with E-state index in [0.717, 1.165) is 19.3 Å². The normalized spacial score (nSPS) is 15.1. The van der Waals surface area contributed by atoms with E-state index >= 15 is 0 Å². The van der Waals surface area contributed by atoms with Crippen molar-refractivity contribution in [1.29, 1.82) is 0 Å². The van der Waals surface area contributed by atoms with Crippen molar-refractivity contribution in [3.05, 3.63) is 69.3 Å². The van der Waals surface area contributed by atoms with Crippen molar-refractivity contribution >= 4 is 21.7 Å². The summed E-state index contributed by atoms with van der Waals surface area (Å²) in [6.07, 6.45) is 2.63. The number of carbonyl (C=O) groups is 1. The van der Waals surface area contributed by atoms with Crippen molar-refractivity contribution in [2.75, 3.05) is 13.1 Å². The lowest BCUT2D eigenvalue weighted by atomic mass is 10.1. The number of aryl methyl sites for hydroxylation is 1. The highest BCUT2D eigenvalue weighted by atomic mass is 32.2. The minimum absolute atomic E-state index is 0.0829. The van der Waals surface area contributed by atoms with Crippen LogP contribution < -0.4 is 0 Å². The molecule has 0 atom stereocenters. The Morgan fingerprint density at radius 3 is 2.52 bits per heavy atom. The number of hydrogen-bond acceptors (Lipinski definition) is 6. The number of nitro benzene ring substituents is 1. The average molecular weight is 418 g/mol. The lowest BCUT2D eigenvalue weighted by Crippen LogP contribution is -2.36. The Hall–Kier alpha value is -2.78. The Labute approximate surface area is 169 Å². The minimum atomic E-state index is -3.70. The van der Waals surface area contributed by atoms with Crippen LogP contribution in [0.25, 0.3) is 0 Å². The summed E-state index contributed by atoms with van der Waals surface area (Å²) in [7, 11) is -3.70. The zero-order chi connectivity index (χ0) is 21.0. The molecule has 0 saturated carbocycles. The van der Waals surface area contributed by atoms with Gasteiger partial charge in [-0.25, -0.2) is 13.2 Å². The molecule has 0 unspecified atom stereocenters. The summed E-state index contributed by atoms with van der Waals surface area (Å²) in [5.74, 6) is -0.738. The number of carbonyl (C=O) groups excluding carboxylic acids is 1. The Morgan fingerprint density at radius 1 is 1.14 bits per heavy atom. The molecule has 0 aliphatic carbocycles. The van der Waals surface area contributed by atoms with Gasteiger partial charge in [0.05, 0.1) is 20.9 Å². The molecule has 1 saturated heterocycles. The molecule has 0 aromatic heterocycles. The zero-order valence-electron chi connectivity index (χ0n) is 16.0. The van der Waals surface area contributed by atoms with Crippen LogP contribution in [0.15, 0.2) is 47.4 Å². The number of esters is 1. The number of nitrogens with zero attached hydrogens (tertiary/aromatic N) is 2. The van der Waals surface area contributed by atoms with E-state index in [1.807, 2.05) is 0 Å². The van der Waals surface area contributed by atoms with Crippen LogP contribution in [0.5, 0.6) is 0 Å². The largest absolute Gasteiger partial charge is 0.457 e. The molecule has 0 bridgehead atoms. The molecule has 8 nitrogen and oxygen atoms in total. The standard InChI is InChI=1S/C20H22N2O6S/c1-15-9-10-16(13-19(15)29(26,27)21-11-5-2-6-12-21)20(23)28-14-17-7-3-4-8-18(17)22(24)25/h3-4,7-10,13H,2,5-6,11-12,14H2,1H3. The highest BCUT2D eigenvalue weighted by molar-refractivity contribution is 7.89. The van der Waals surface area contributed by atoms with Gasteiger partial charge in [0, 0.05) is 19.2 Å². The van der Waals surface area contributed by atoms with E-state index in [2.05, 4.69) is 0 Å². The average Bonchev–Trinajstić information content (AvgIpc) is 2.73. The third-order valence-corrected chi connectivity index (χ3v) is 6.94. The molecule has 3 rings (SSSR count). The van der Waals surface area contributed by atoms with Crippen molar-refractivity contribution < 1.29 is 22.9 Å². The number of ether oxygens (including phenoxy) is 1. The molecule has 1 aliphatic heterocycles. The monoisotopic (exact) mass is 418 g/mol. The second kappa shape index (κ2) is 8.71. The quantitative estimate of drug-likeness (QED) is 0.404. The molecule has 29 heavy (non-hydrogen) atoms. The molecular formula is C20H22N2O6S. The van der Waals surface area contributed by atoms with E-state index in [1.165, 1.54) is 34.6 Å². The van der Waals surface area contributed by atoms with E-state index in [-0.39, 0.29) is 28.3 Å². The van der Waals surface area contributed by atoms with Crippen LogP contribution in [0.2, 0.25) is 0 Å². The van der Waals surface area contributed by atoms with Crippen molar-refractivity contribution in [2.24, 2.45) is 0 Å². The molecule has 0 spiro atoms. The maximum atomic E-state index is 13.0. The van der Waals surface area contributed by atoms with Gasteiger partial charge >= 0.3 is 5.97 Å². The Kier molecular flexibility index (Phi) is 6.29. The summed E-state index contributed by atoms with van der Waals surface area (Å²) in [5, 5.41) is 11.1. The highest BCUT2D eigenvalue weighted by Crippen LogP contribution is 2.25. The molecule has 2 aromatic carbocycles. The lowest BCUT2D eigenvalue weighted by molar-refractivity contribution is -0.385. The van der Waals surface area contributed by atoms with Gasteiger partial charge in [0.15, 0.2) is 0 Å². The molecule has 0 radical (unpaired) electrons. The number of benzene rings is 2. The van der Waals surface area contributed by atoms with Crippen LogP contribution in [-0.2, 0) is 21.4 Å². The van der Waals surface area contributed by atoms with Gasteiger partial charge in [-0.05, 0) is 43.5 Å². The molecule has 1 aliphatic rings. The number of para-hydroxylation sites is 1. The number of hydrogen-bond donors (Lipinski definition) is 0. The predicted molar refractivity (Wildman–Crippen MR) is 106 cm³/mol. The summed E-state index contributed by atoms with van der Waals surface area (Å²) in [6, 6.07) is 10.4. The minimum Gasteiger partial charge on any atom is -0.457 e. The van der Waals surface area contributed by atoms with Crippen LogP contribution in [-0.4, -0.2) is 36.7 Å². The first-order valence-corrected chi connectivity index (χ1v) is 10.7. The van der Waals surface area contributed by atoms with Gasteiger partial charge in [0.2, 0.25) is 10.0 Å². The SMILES string of the molecule is Cc1ccc(C(=O)OCc2ccccc2[N+](=O)[O-])cc1S(=O)(=O)N1CCCCC1. The summed E-state index contributed by atoms with van der Waals surface area (Å²) in [6.45, 7) is 2.33. The van der Waals surface area contributed by atoms with Gasteiger partial charge in [-0.15, -0.1) is 0 Å². The van der Waals surface area contributed by atoms with Gasteiger partial charge in [0.25, 0.3) is 5.69 Å². The number of rotatable bonds is 6. The molecule has 1 heterocycles. The molecule has 9 heteroatoms. The summed E-state index contributed by atoms with van der Waals surface area (Å²) < 4.78 is 32.6. The second-order valence-electron chi connectivity index (χ2n) is 6.91. The first-order valence-electron chi connectivity index (χ1n) is 9.31. The number of nitro groups is 1. The van der Waals surface area contributed by atoms with E-state index in [4.69, 9.17) is 4.74 Å². The fourth-order valence-electron chi connectivity index (χ4n) is 3.29. The van der Waals surface area contributed by atoms with E-state index in [0.29, 0.717) is 18.7 Å². The third kappa shape index (κ3) is 4.63. The van der Waals surface area contributed by atoms with Crippen LogP contribution in [0.1, 0.15) is 40.7 Å². The van der Waals surface area contributed by atoms with Crippen molar-refractivity contribution in [2.45, 2.75) is 37.7 Å². The Morgan fingerprint density at radius 2 is 1.83 bits per heavy atom. The molecule has 0 amide bonds. The van der Waals surface area contributed by atoms with E-state index in [9.17, 15) is 23.3 Å². The highest BCUT2D eigenvalue weighted by Gasteiger charge is 2.28. The smallest absolute Gasteiger partial charge is 0.338 e. The molecule has 0 N–H and O–H groups in total. The van der Waals surface area contributed by atoms with Gasteiger partial charge in [-0.3, -0.25) is 10.1 Å². The molecular weight excluding hydrogens is 396 g/mol. The first kappa shape index (κ1) is 20.9. The van der Waals surface area contributed by atoms with E-state index in [1.54, 1.807) is 19.1 Å². The van der Waals surface area contributed by atoms with Crippen LogP contribution in [0.4, 0.5) is 5.69 Å². The Bertz CT molecular complexity index is 1030. The molecule has 2 aromatic rings. The van der Waals surface area contributed by atoms with Crippen molar-refractivity contribution in [3.63, 3.8) is 0 Å². The topological polar surface area (TPSA) is 107 Å². The van der Waals surface area contributed by atoms with Gasteiger partial charge in [-0.1, -0.05) is 24.6 Å². The second-order valence-corrected chi connectivity index (χ2v) is 8.81. The fraction of sp³-hybridized carbons (Fsp3) is 0.350. The van der Waals surface area contributed by atoms with Crippen LogP contribution >= 0.6 is 0 Å². The predicted octanol–water partition coefficient (Wildman–Crippen LogP) is 3.43. The van der Waals surface area contributed by atoms with Gasteiger partial charge < -0.3 is 4.74 Å². The van der Waals surface area contributed by atoms with E-state index < -0.39 is 20.9 Å². The summed E-state index contributed by atoms with van der Waals surface area (Å²) in [5.41, 5.74) is 0.757. The summed E-state index contributed by atoms with van der Waals surface area (Å²) in [4.78, 5) is 23.1. The van der Waals surface area contributed by atoms with Crippen LogP contribution in [0.3, 0.4) is 0 Å². The maximum Gasteiger partial charge on any atom is 0.338 e. The number of piperidine rings is 1. The Balaban J connectivity index is 1.80. The maximum absolute atomic E-state index is 13.0. The molecule has 154 valence electrons. The first-order chi connectivity index (χ1) is 13.8. The lowest BCUT2D eigenvalue weighted by Gasteiger charge is -2.26. The number of sulfonamides is 1. The van der Waals surface area contributed by atoms with Gasteiger partial charge in [-0.2, -0.15) is 4.31 Å². The zero-order valence-corrected chi connectivity index (χ0v) is 16.9.